The summed E-state index contributed by atoms with van der Waals surface area (Å²) >= 11 is 0. The van der Waals surface area contributed by atoms with E-state index in [0.29, 0.717) is 0 Å². The molecule has 0 amide bonds. The van der Waals surface area contributed by atoms with Gasteiger partial charge >= 0.3 is 0 Å². The predicted octanol–water partition coefficient (Wildman–Crippen LogP) is 0.626. The minimum Gasteiger partial charge on any atom is -0.392 e. The molecule has 0 aliphatic carbocycles. The maximum absolute atomic E-state index is 13.0. The summed E-state index contributed by atoms with van der Waals surface area (Å²) in [5.41, 5.74) is 0.314. The van der Waals surface area contributed by atoms with Gasteiger partial charge in [-0.05, 0) is 17.7 Å². The standard InChI is InChI=1S/C11H12FNO3/c12-9-2-1-7(5-8(9)6-14)11(16)10(15)3-4-13/h1-2,5,10-11,14-16H,3,6H2. The topological polar surface area (TPSA) is 84.5 Å². The Kier molecular flexibility index (Phi) is 4.38. The van der Waals surface area contributed by atoms with Gasteiger partial charge in [0.05, 0.1) is 25.2 Å². The van der Waals surface area contributed by atoms with Gasteiger partial charge in [0, 0.05) is 5.56 Å². The summed E-state index contributed by atoms with van der Waals surface area (Å²) < 4.78 is 13.0. The van der Waals surface area contributed by atoms with E-state index in [1.807, 2.05) is 0 Å². The van der Waals surface area contributed by atoms with E-state index in [1.54, 1.807) is 6.07 Å². The van der Waals surface area contributed by atoms with Gasteiger partial charge in [0.25, 0.3) is 0 Å². The maximum atomic E-state index is 13.0. The van der Waals surface area contributed by atoms with Crippen LogP contribution < -0.4 is 0 Å². The van der Waals surface area contributed by atoms with Gasteiger partial charge in [-0.25, -0.2) is 4.39 Å². The molecule has 2 unspecified atom stereocenters. The summed E-state index contributed by atoms with van der Waals surface area (Å²) in [6.45, 7) is -0.485. The van der Waals surface area contributed by atoms with Gasteiger partial charge in [-0.2, -0.15) is 5.26 Å². The Morgan fingerprint density at radius 3 is 2.62 bits per heavy atom. The van der Waals surface area contributed by atoms with E-state index in [9.17, 15) is 14.6 Å². The van der Waals surface area contributed by atoms with E-state index in [4.69, 9.17) is 10.4 Å². The summed E-state index contributed by atoms with van der Waals surface area (Å²) in [5.74, 6) is -0.576. The summed E-state index contributed by atoms with van der Waals surface area (Å²) in [6, 6.07) is 5.39. The molecule has 0 aromatic heterocycles. The van der Waals surface area contributed by atoms with Gasteiger partial charge in [0.1, 0.15) is 11.9 Å². The molecule has 16 heavy (non-hydrogen) atoms. The minimum atomic E-state index is -1.26. The Bertz CT molecular complexity index is 403. The average Bonchev–Trinajstić information content (AvgIpc) is 2.29. The van der Waals surface area contributed by atoms with Gasteiger partial charge in [0.2, 0.25) is 0 Å². The molecule has 0 spiro atoms. The van der Waals surface area contributed by atoms with E-state index in [0.717, 1.165) is 6.07 Å². The number of halogens is 1. The third-order valence-corrected chi connectivity index (χ3v) is 2.25. The van der Waals surface area contributed by atoms with Crippen molar-refractivity contribution >= 4 is 0 Å². The highest BCUT2D eigenvalue weighted by atomic mass is 19.1. The summed E-state index contributed by atoms with van der Waals surface area (Å²) in [7, 11) is 0. The summed E-state index contributed by atoms with van der Waals surface area (Å²) in [6.07, 6.45) is -2.69. The fourth-order valence-corrected chi connectivity index (χ4v) is 1.33. The monoisotopic (exact) mass is 225 g/mol. The van der Waals surface area contributed by atoms with Crippen LogP contribution in [0.2, 0.25) is 0 Å². The number of hydrogen-bond donors (Lipinski definition) is 3. The lowest BCUT2D eigenvalue weighted by atomic mass is 10.0. The van der Waals surface area contributed by atoms with Crippen LogP contribution in [0.5, 0.6) is 0 Å². The van der Waals surface area contributed by atoms with Crippen LogP contribution in [-0.2, 0) is 6.61 Å². The molecule has 5 heteroatoms. The zero-order chi connectivity index (χ0) is 12.1. The van der Waals surface area contributed by atoms with E-state index in [2.05, 4.69) is 0 Å². The Labute approximate surface area is 92.2 Å². The van der Waals surface area contributed by atoms with Crippen molar-refractivity contribution < 1.29 is 19.7 Å². The lowest BCUT2D eigenvalue weighted by Crippen LogP contribution is -2.17. The van der Waals surface area contributed by atoms with Crippen LogP contribution in [0.3, 0.4) is 0 Å². The van der Waals surface area contributed by atoms with Gasteiger partial charge in [-0.1, -0.05) is 6.07 Å². The Balaban J connectivity index is 2.92. The molecule has 3 N–H and O–H groups in total. The number of aliphatic hydroxyl groups is 3. The molecular formula is C11H12FNO3. The SMILES string of the molecule is N#CCC(O)C(O)c1ccc(F)c(CO)c1. The van der Waals surface area contributed by atoms with Crippen molar-refractivity contribution in [3.63, 3.8) is 0 Å². The fraction of sp³-hybridized carbons (Fsp3) is 0.364. The molecule has 1 rings (SSSR count). The molecular weight excluding hydrogens is 213 g/mol. The molecule has 86 valence electrons. The van der Waals surface area contributed by atoms with E-state index < -0.39 is 24.6 Å². The third kappa shape index (κ3) is 2.76. The van der Waals surface area contributed by atoms with Crippen LogP contribution in [0.25, 0.3) is 0 Å². The van der Waals surface area contributed by atoms with Crippen molar-refractivity contribution in [2.75, 3.05) is 0 Å². The van der Waals surface area contributed by atoms with Crippen LogP contribution in [0, 0.1) is 17.1 Å². The smallest absolute Gasteiger partial charge is 0.128 e. The maximum Gasteiger partial charge on any atom is 0.128 e. The van der Waals surface area contributed by atoms with E-state index >= 15 is 0 Å². The summed E-state index contributed by atoms with van der Waals surface area (Å²) in [5, 5.41) is 36.2. The first kappa shape index (κ1) is 12.6. The largest absolute Gasteiger partial charge is 0.392 e. The molecule has 0 radical (unpaired) electrons. The van der Waals surface area contributed by atoms with Crippen molar-refractivity contribution in [2.45, 2.75) is 25.2 Å². The molecule has 1 aromatic carbocycles. The van der Waals surface area contributed by atoms with E-state index in [1.165, 1.54) is 12.1 Å². The number of nitrogens with zero attached hydrogens (tertiary/aromatic N) is 1. The molecule has 0 heterocycles. The quantitative estimate of drug-likeness (QED) is 0.701. The van der Waals surface area contributed by atoms with Gasteiger partial charge in [0.15, 0.2) is 0 Å². The molecule has 0 aliphatic rings. The normalized spacial score (nSPS) is 14.2. The van der Waals surface area contributed by atoms with Gasteiger partial charge in [-0.3, -0.25) is 0 Å². The van der Waals surface area contributed by atoms with Gasteiger partial charge < -0.3 is 15.3 Å². The van der Waals surface area contributed by atoms with Crippen LogP contribution in [0.15, 0.2) is 18.2 Å². The zero-order valence-corrected chi connectivity index (χ0v) is 8.47. The Morgan fingerprint density at radius 2 is 2.06 bits per heavy atom. The highest BCUT2D eigenvalue weighted by Gasteiger charge is 2.19. The Hall–Kier alpha value is -1.48. The number of rotatable bonds is 4. The number of nitriles is 1. The van der Waals surface area contributed by atoms with Crippen LogP contribution in [-0.4, -0.2) is 21.4 Å². The molecule has 4 nitrogen and oxygen atoms in total. The highest BCUT2D eigenvalue weighted by Crippen LogP contribution is 2.21. The number of hydrogen-bond acceptors (Lipinski definition) is 4. The van der Waals surface area contributed by atoms with Crippen LogP contribution in [0.1, 0.15) is 23.7 Å². The number of aliphatic hydroxyl groups excluding tert-OH is 3. The predicted molar refractivity (Wildman–Crippen MR) is 53.5 cm³/mol. The van der Waals surface area contributed by atoms with Crippen molar-refractivity contribution in [1.29, 1.82) is 5.26 Å². The molecule has 0 saturated carbocycles. The molecule has 0 aliphatic heterocycles. The van der Waals surface area contributed by atoms with Crippen molar-refractivity contribution in [1.82, 2.24) is 0 Å². The molecule has 1 aromatic rings. The Morgan fingerprint density at radius 1 is 1.38 bits per heavy atom. The molecule has 0 saturated heterocycles. The van der Waals surface area contributed by atoms with E-state index in [-0.39, 0.29) is 17.5 Å². The zero-order valence-electron chi connectivity index (χ0n) is 8.47. The van der Waals surface area contributed by atoms with Crippen molar-refractivity contribution in [3.05, 3.63) is 35.1 Å². The number of benzene rings is 1. The first-order valence-electron chi connectivity index (χ1n) is 4.72. The van der Waals surface area contributed by atoms with Crippen molar-refractivity contribution in [2.24, 2.45) is 0 Å². The van der Waals surface area contributed by atoms with Crippen LogP contribution in [0.4, 0.5) is 4.39 Å². The lowest BCUT2D eigenvalue weighted by Gasteiger charge is -2.16. The summed E-state index contributed by atoms with van der Waals surface area (Å²) in [4.78, 5) is 0. The second kappa shape index (κ2) is 5.56. The molecule has 2 atom stereocenters. The average molecular weight is 225 g/mol. The third-order valence-electron chi connectivity index (χ3n) is 2.25. The first-order valence-corrected chi connectivity index (χ1v) is 4.72. The second-order valence-corrected chi connectivity index (χ2v) is 3.38. The van der Waals surface area contributed by atoms with Crippen LogP contribution >= 0.6 is 0 Å². The van der Waals surface area contributed by atoms with Crippen molar-refractivity contribution in [3.8, 4) is 6.07 Å². The fourth-order valence-electron chi connectivity index (χ4n) is 1.33. The molecule has 0 bridgehead atoms. The minimum absolute atomic E-state index is 0.0423. The van der Waals surface area contributed by atoms with Gasteiger partial charge in [-0.15, -0.1) is 0 Å². The lowest BCUT2D eigenvalue weighted by molar-refractivity contribution is 0.0215. The molecule has 0 fully saturated rings. The highest BCUT2D eigenvalue weighted by molar-refractivity contribution is 5.27. The second-order valence-electron chi connectivity index (χ2n) is 3.38. The first-order chi connectivity index (χ1) is 7.60.